The van der Waals surface area contributed by atoms with Crippen LogP contribution < -0.4 is 29.3 Å². The number of rotatable bonds is 8. The molecule has 242 valence electrons. The number of ether oxygens (including phenoxy) is 2. The molecule has 0 aliphatic carbocycles. The normalized spacial score (nSPS) is 17.9. The first-order valence-corrected chi connectivity index (χ1v) is 18.0. The molecule has 0 radical (unpaired) electrons. The van der Waals surface area contributed by atoms with Crippen LogP contribution in [-0.2, 0) is 10.0 Å². The minimum absolute atomic E-state index is 0.0447. The van der Waals surface area contributed by atoms with Crippen LogP contribution in [0.2, 0.25) is 10.0 Å². The predicted molar refractivity (Wildman–Crippen MR) is 183 cm³/mol. The molecule has 2 aromatic carbocycles. The standard InChI is InChI=1S/C29H35BrCl2N8O4S/c1-37-8-10-39(11-9-37)18-4-6-40(7-5-18)24-13-20(31)22(12-21(24)32)35-29-33-16-19(30)28(36-29)34-23-14-26-27(44-17-43-26)15-25(23)38(2)45(3,41)42/h12-16,18H,4-11,17H2,1-3H3,(H2,33,34,35,36). The highest BCUT2D eigenvalue weighted by molar-refractivity contribution is 9.10. The van der Waals surface area contributed by atoms with Crippen molar-refractivity contribution in [1.82, 2.24) is 19.8 Å². The molecule has 16 heteroatoms. The summed E-state index contributed by atoms with van der Waals surface area (Å²) >= 11 is 17.0. The van der Waals surface area contributed by atoms with E-state index in [1.54, 1.807) is 24.4 Å². The fourth-order valence-corrected chi connectivity index (χ4v) is 7.05. The number of hydrogen-bond acceptors (Lipinski definition) is 11. The van der Waals surface area contributed by atoms with Crippen LogP contribution in [0.15, 0.2) is 34.9 Å². The van der Waals surface area contributed by atoms with Crippen molar-refractivity contribution in [2.24, 2.45) is 0 Å². The van der Waals surface area contributed by atoms with Gasteiger partial charge in [0.25, 0.3) is 0 Å². The van der Waals surface area contributed by atoms with Gasteiger partial charge < -0.3 is 29.9 Å². The number of likely N-dealkylation sites (N-methyl/N-ethyl adjacent to an activating group) is 1. The van der Waals surface area contributed by atoms with Crippen LogP contribution in [0.25, 0.3) is 0 Å². The Balaban J connectivity index is 1.18. The number of hydrogen-bond donors (Lipinski definition) is 2. The molecule has 2 N–H and O–H groups in total. The van der Waals surface area contributed by atoms with Crippen molar-refractivity contribution in [2.75, 3.05) is 86.3 Å². The van der Waals surface area contributed by atoms with Crippen LogP contribution in [0.5, 0.6) is 11.5 Å². The molecular formula is C29H35BrCl2N8O4S. The molecule has 4 heterocycles. The van der Waals surface area contributed by atoms with Gasteiger partial charge in [0.2, 0.25) is 22.8 Å². The number of nitrogens with zero attached hydrogens (tertiary/aromatic N) is 6. The number of piperidine rings is 1. The zero-order chi connectivity index (χ0) is 31.9. The lowest BCUT2D eigenvalue weighted by Gasteiger charge is -2.42. The summed E-state index contributed by atoms with van der Waals surface area (Å²) < 4.78 is 37.5. The molecule has 0 unspecified atom stereocenters. The Labute approximate surface area is 281 Å². The quantitative estimate of drug-likeness (QED) is 0.311. The third-order valence-corrected chi connectivity index (χ3v) is 10.9. The van der Waals surface area contributed by atoms with Gasteiger partial charge in [-0.3, -0.25) is 9.21 Å². The molecule has 6 rings (SSSR count). The third kappa shape index (κ3) is 7.15. The lowest BCUT2D eigenvalue weighted by atomic mass is 10.0. The molecule has 0 saturated carbocycles. The molecule has 12 nitrogen and oxygen atoms in total. The van der Waals surface area contributed by atoms with Crippen molar-refractivity contribution < 1.29 is 17.9 Å². The molecule has 0 spiro atoms. The summed E-state index contributed by atoms with van der Waals surface area (Å²) in [6.07, 6.45) is 4.89. The summed E-state index contributed by atoms with van der Waals surface area (Å²) in [6, 6.07) is 7.56. The van der Waals surface area contributed by atoms with Gasteiger partial charge in [-0.25, -0.2) is 13.4 Å². The summed E-state index contributed by atoms with van der Waals surface area (Å²) in [4.78, 5) is 16.3. The lowest BCUT2D eigenvalue weighted by Crippen LogP contribution is -2.52. The molecule has 1 aromatic heterocycles. The summed E-state index contributed by atoms with van der Waals surface area (Å²) in [7, 11) is 0.0743. The molecular weight excluding hydrogens is 707 g/mol. The van der Waals surface area contributed by atoms with Gasteiger partial charge in [0.05, 0.1) is 43.5 Å². The molecule has 0 atom stereocenters. The SMILES string of the molecule is CN1CCN(C2CCN(c3cc(Cl)c(Nc4ncc(Br)c(Nc5cc6c(cc5N(C)S(C)(=O)=O)OCO6)n4)cc3Cl)CC2)CC1. The smallest absolute Gasteiger partial charge is 0.232 e. The number of fused-ring (bicyclic) bond motifs is 1. The second-order valence-electron chi connectivity index (χ2n) is 11.4. The van der Waals surface area contributed by atoms with Gasteiger partial charge in [-0.15, -0.1) is 0 Å². The third-order valence-electron chi connectivity index (χ3n) is 8.47. The number of aromatic nitrogens is 2. The fourth-order valence-electron chi connectivity index (χ4n) is 5.77. The zero-order valence-corrected chi connectivity index (χ0v) is 29.1. The molecule has 3 aromatic rings. The Morgan fingerprint density at radius 1 is 0.956 bits per heavy atom. The summed E-state index contributed by atoms with van der Waals surface area (Å²) in [6.45, 7) is 6.37. The lowest BCUT2D eigenvalue weighted by molar-refractivity contribution is 0.0982. The van der Waals surface area contributed by atoms with E-state index < -0.39 is 10.0 Å². The number of halogens is 3. The second-order valence-corrected chi connectivity index (χ2v) is 15.1. The van der Waals surface area contributed by atoms with Crippen LogP contribution in [-0.4, -0.2) is 101 Å². The van der Waals surface area contributed by atoms with Gasteiger partial charge >= 0.3 is 0 Å². The number of anilines is 6. The predicted octanol–water partition coefficient (Wildman–Crippen LogP) is 5.37. The van der Waals surface area contributed by atoms with E-state index in [1.807, 2.05) is 6.07 Å². The van der Waals surface area contributed by atoms with Crippen LogP contribution in [0.1, 0.15) is 12.8 Å². The summed E-state index contributed by atoms with van der Waals surface area (Å²) in [5, 5.41) is 7.46. The van der Waals surface area contributed by atoms with E-state index in [0.29, 0.717) is 54.9 Å². The van der Waals surface area contributed by atoms with Gasteiger partial charge in [-0.1, -0.05) is 23.2 Å². The average molecular weight is 743 g/mol. The number of sulfonamides is 1. The maximum atomic E-state index is 12.4. The van der Waals surface area contributed by atoms with Crippen molar-refractivity contribution in [3.05, 3.63) is 45.0 Å². The highest BCUT2D eigenvalue weighted by atomic mass is 79.9. The van der Waals surface area contributed by atoms with E-state index in [0.717, 1.165) is 68.4 Å². The van der Waals surface area contributed by atoms with Crippen LogP contribution in [0, 0.1) is 0 Å². The van der Waals surface area contributed by atoms with Crippen LogP contribution in [0.3, 0.4) is 0 Å². The van der Waals surface area contributed by atoms with Gasteiger partial charge in [0.1, 0.15) is 5.82 Å². The van der Waals surface area contributed by atoms with Crippen molar-refractivity contribution >= 4 is 83.7 Å². The second kappa shape index (κ2) is 13.2. The number of piperazine rings is 1. The van der Waals surface area contributed by atoms with E-state index in [2.05, 4.69) is 58.3 Å². The number of benzene rings is 2. The number of nitrogens with one attached hydrogen (secondary N) is 2. The first-order chi connectivity index (χ1) is 21.5. The largest absolute Gasteiger partial charge is 0.454 e. The van der Waals surface area contributed by atoms with E-state index in [9.17, 15) is 8.42 Å². The Morgan fingerprint density at radius 2 is 1.64 bits per heavy atom. The molecule has 3 aliphatic heterocycles. The summed E-state index contributed by atoms with van der Waals surface area (Å²) in [5.74, 6) is 1.58. The Bertz CT molecular complexity index is 1690. The maximum absolute atomic E-state index is 12.4. The first-order valence-electron chi connectivity index (χ1n) is 14.6. The molecule has 0 bridgehead atoms. The minimum Gasteiger partial charge on any atom is -0.454 e. The van der Waals surface area contributed by atoms with Crippen molar-refractivity contribution in [3.63, 3.8) is 0 Å². The Hall–Kier alpha value is -2.75. The van der Waals surface area contributed by atoms with E-state index in [4.69, 9.17) is 32.7 Å². The van der Waals surface area contributed by atoms with Gasteiger partial charge in [0.15, 0.2) is 11.5 Å². The highest BCUT2D eigenvalue weighted by Crippen LogP contribution is 2.43. The van der Waals surface area contributed by atoms with E-state index in [-0.39, 0.29) is 12.7 Å². The molecule has 0 amide bonds. The first kappa shape index (κ1) is 32.2. The fraction of sp³-hybridized carbons (Fsp3) is 0.448. The van der Waals surface area contributed by atoms with E-state index >= 15 is 0 Å². The van der Waals surface area contributed by atoms with Gasteiger partial charge in [-0.2, -0.15) is 4.98 Å². The summed E-state index contributed by atoms with van der Waals surface area (Å²) in [5.41, 5.74) is 2.28. The molecule has 45 heavy (non-hydrogen) atoms. The van der Waals surface area contributed by atoms with E-state index in [1.165, 1.54) is 7.05 Å². The van der Waals surface area contributed by atoms with Crippen molar-refractivity contribution in [3.8, 4) is 11.5 Å². The van der Waals surface area contributed by atoms with Crippen LogP contribution >= 0.6 is 39.1 Å². The Morgan fingerprint density at radius 3 is 2.33 bits per heavy atom. The van der Waals surface area contributed by atoms with Crippen LogP contribution in [0.4, 0.5) is 34.5 Å². The van der Waals surface area contributed by atoms with Gasteiger partial charge in [0, 0.05) is 70.7 Å². The zero-order valence-electron chi connectivity index (χ0n) is 25.2. The van der Waals surface area contributed by atoms with Crippen molar-refractivity contribution in [2.45, 2.75) is 18.9 Å². The molecule has 3 aliphatic rings. The Kier molecular flexibility index (Phi) is 9.42. The topological polar surface area (TPSA) is 115 Å². The minimum atomic E-state index is -3.57. The van der Waals surface area contributed by atoms with Gasteiger partial charge in [-0.05, 0) is 48.0 Å². The monoisotopic (exact) mass is 740 g/mol. The maximum Gasteiger partial charge on any atom is 0.232 e. The molecule has 2 fully saturated rings. The highest BCUT2D eigenvalue weighted by Gasteiger charge is 2.28. The average Bonchev–Trinajstić information content (AvgIpc) is 3.47. The molecule has 2 saturated heterocycles. The van der Waals surface area contributed by atoms with Crippen molar-refractivity contribution in [1.29, 1.82) is 0 Å².